The molecule has 2 aromatic heterocycles. The third-order valence-corrected chi connectivity index (χ3v) is 4.81. The second-order valence-electron chi connectivity index (χ2n) is 6.80. The van der Waals surface area contributed by atoms with Crippen LogP contribution < -0.4 is 5.32 Å². The molecule has 0 bridgehead atoms. The van der Waals surface area contributed by atoms with E-state index in [-0.39, 0.29) is 11.8 Å². The van der Waals surface area contributed by atoms with Gasteiger partial charge in [0.05, 0.1) is 6.42 Å². The molecule has 2 amide bonds. The molecular formula is C21H20N4O2. The van der Waals surface area contributed by atoms with E-state index in [0.29, 0.717) is 18.8 Å². The van der Waals surface area contributed by atoms with E-state index in [0.717, 1.165) is 33.3 Å². The number of hydrogen-bond acceptors (Lipinski definition) is 3. The van der Waals surface area contributed by atoms with Gasteiger partial charge in [-0.3, -0.25) is 9.59 Å². The number of benzene rings is 1. The second-order valence-corrected chi connectivity index (χ2v) is 6.80. The molecule has 1 aromatic carbocycles. The van der Waals surface area contributed by atoms with Crippen molar-refractivity contribution in [3.8, 4) is 0 Å². The molecule has 0 atom stereocenters. The molecule has 0 radical (unpaired) electrons. The van der Waals surface area contributed by atoms with Gasteiger partial charge in [-0.15, -0.1) is 0 Å². The molecule has 0 unspecified atom stereocenters. The highest BCUT2D eigenvalue weighted by Gasteiger charge is 2.18. The Kier molecular flexibility index (Phi) is 4.24. The van der Waals surface area contributed by atoms with Gasteiger partial charge in [0.15, 0.2) is 0 Å². The van der Waals surface area contributed by atoms with E-state index < -0.39 is 0 Å². The molecule has 2 N–H and O–H groups in total. The van der Waals surface area contributed by atoms with Crippen molar-refractivity contribution < 1.29 is 9.59 Å². The van der Waals surface area contributed by atoms with E-state index in [1.54, 1.807) is 24.2 Å². The lowest BCUT2D eigenvalue weighted by Crippen LogP contribution is -2.24. The smallest absolute Gasteiger partial charge is 0.246 e. The van der Waals surface area contributed by atoms with Crippen molar-refractivity contribution in [1.82, 2.24) is 14.9 Å². The molecule has 0 saturated carbocycles. The van der Waals surface area contributed by atoms with Crippen LogP contribution in [0.2, 0.25) is 0 Å². The predicted octanol–water partition coefficient (Wildman–Crippen LogP) is 3.04. The second kappa shape index (κ2) is 6.72. The van der Waals surface area contributed by atoms with Crippen molar-refractivity contribution in [3.05, 3.63) is 65.0 Å². The predicted molar refractivity (Wildman–Crippen MR) is 105 cm³/mol. The maximum absolute atomic E-state index is 12.5. The topological polar surface area (TPSA) is 78.1 Å². The number of aryl methyl sites for hydroxylation is 1. The van der Waals surface area contributed by atoms with E-state index in [1.165, 1.54) is 6.08 Å². The summed E-state index contributed by atoms with van der Waals surface area (Å²) in [5.74, 6) is 0.466. The Bertz CT molecular complexity index is 1080. The van der Waals surface area contributed by atoms with Gasteiger partial charge in [0.1, 0.15) is 5.82 Å². The molecular weight excluding hydrogens is 340 g/mol. The van der Waals surface area contributed by atoms with Crippen LogP contribution in [0.5, 0.6) is 0 Å². The minimum Gasteiger partial charge on any atom is -0.358 e. The van der Waals surface area contributed by atoms with Crippen molar-refractivity contribution >= 4 is 34.6 Å². The number of aromatic amines is 1. The van der Waals surface area contributed by atoms with Gasteiger partial charge in [0.2, 0.25) is 11.8 Å². The largest absolute Gasteiger partial charge is 0.358 e. The van der Waals surface area contributed by atoms with Crippen LogP contribution in [0.4, 0.5) is 5.82 Å². The number of fused-ring (bicyclic) bond motifs is 2. The normalized spacial score (nSPS) is 13.2. The zero-order valence-electron chi connectivity index (χ0n) is 15.2. The van der Waals surface area contributed by atoms with Crippen LogP contribution in [0.3, 0.4) is 0 Å². The molecule has 6 nitrogen and oxygen atoms in total. The first-order valence-electron chi connectivity index (χ1n) is 8.79. The van der Waals surface area contributed by atoms with Crippen LogP contribution in [0.15, 0.2) is 42.6 Å². The lowest BCUT2D eigenvalue weighted by atomic mass is 10.1. The Hall–Kier alpha value is -3.41. The van der Waals surface area contributed by atoms with Gasteiger partial charge in [-0.2, -0.15) is 0 Å². The van der Waals surface area contributed by atoms with Crippen LogP contribution in [-0.4, -0.2) is 33.7 Å². The maximum atomic E-state index is 12.5. The van der Waals surface area contributed by atoms with Gasteiger partial charge in [-0.1, -0.05) is 18.2 Å². The summed E-state index contributed by atoms with van der Waals surface area (Å²) in [4.78, 5) is 33.2. The number of pyridine rings is 1. The minimum atomic E-state index is -0.0885. The van der Waals surface area contributed by atoms with Gasteiger partial charge in [-0.25, -0.2) is 4.98 Å². The van der Waals surface area contributed by atoms with Crippen LogP contribution >= 0.6 is 0 Å². The summed E-state index contributed by atoms with van der Waals surface area (Å²) < 4.78 is 0. The molecule has 3 aromatic rings. The zero-order chi connectivity index (χ0) is 19.0. The third kappa shape index (κ3) is 3.33. The molecule has 0 fully saturated rings. The molecule has 27 heavy (non-hydrogen) atoms. The fourth-order valence-electron chi connectivity index (χ4n) is 3.36. The number of hydrogen-bond donors (Lipinski definition) is 2. The van der Waals surface area contributed by atoms with Gasteiger partial charge < -0.3 is 15.2 Å². The molecule has 3 heterocycles. The Morgan fingerprint density at radius 1 is 1.33 bits per heavy atom. The Morgan fingerprint density at radius 3 is 3.00 bits per heavy atom. The molecule has 136 valence electrons. The fourth-order valence-corrected chi connectivity index (χ4v) is 3.36. The summed E-state index contributed by atoms with van der Waals surface area (Å²) in [6.45, 7) is 2.55. The minimum absolute atomic E-state index is 0.0523. The van der Waals surface area contributed by atoms with Crippen LogP contribution in [-0.2, 0) is 22.6 Å². The number of anilines is 1. The van der Waals surface area contributed by atoms with E-state index >= 15 is 0 Å². The highest BCUT2D eigenvalue weighted by atomic mass is 16.2. The number of nitrogens with one attached hydrogen (secondary N) is 2. The molecule has 1 aliphatic rings. The number of H-pyrrole nitrogens is 1. The van der Waals surface area contributed by atoms with Gasteiger partial charge in [0, 0.05) is 48.0 Å². The molecule has 1 aliphatic heterocycles. The summed E-state index contributed by atoms with van der Waals surface area (Å²) in [7, 11) is 1.79. The first-order chi connectivity index (χ1) is 13.0. The Labute approximate surface area is 156 Å². The molecule has 4 rings (SSSR count). The van der Waals surface area contributed by atoms with Gasteiger partial charge >= 0.3 is 0 Å². The summed E-state index contributed by atoms with van der Waals surface area (Å²) in [6, 6.07) is 9.98. The molecule has 6 heteroatoms. The number of carbonyl (C=O) groups is 2. The van der Waals surface area contributed by atoms with E-state index in [2.05, 4.69) is 21.4 Å². The summed E-state index contributed by atoms with van der Waals surface area (Å²) in [6.07, 6.45) is 5.25. The van der Waals surface area contributed by atoms with E-state index in [9.17, 15) is 9.59 Å². The average molecular weight is 360 g/mol. The quantitative estimate of drug-likeness (QED) is 0.702. The summed E-state index contributed by atoms with van der Waals surface area (Å²) in [5.41, 5.74) is 4.93. The SMILES string of the molecule is Cc1[nH]c2ccccc2c1CN(C)C(=O)C=Cc1cnc2c(c1)CC(=O)N2. The van der Waals surface area contributed by atoms with Crippen LogP contribution in [0.25, 0.3) is 17.0 Å². The highest BCUT2D eigenvalue weighted by molar-refractivity contribution is 5.98. The number of para-hydroxylation sites is 1. The molecule has 0 aliphatic carbocycles. The molecule has 0 saturated heterocycles. The van der Waals surface area contributed by atoms with Crippen molar-refractivity contribution in [1.29, 1.82) is 0 Å². The standard InChI is InChI=1S/C21H20N4O2/c1-13-17(16-5-3-4-6-18(16)23-13)12-25(2)20(27)8-7-14-9-15-10-19(26)24-21(15)22-11-14/h3-9,11,23H,10,12H2,1-2H3,(H,22,24,26). The number of nitrogens with zero attached hydrogens (tertiary/aromatic N) is 2. The maximum Gasteiger partial charge on any atom is 0.246 e. The number of aromatic nitrogens is 2. The Morgan fingerprint density at radius 2 is 2.15 bits per heavy atom. The van der Waals surface area contributed by atoms with Gasteiger partial charge in [-0.05, 0) is 36.3 Å². The van der Waals surface area contributed by atoms with Crippen molar-refractivity contribution in [2.24, 2.45) is 0 Å². The number of amides is 2. The monoisotopic (exact) mass is 360 g/mol. The third-order valence-electron chi connectivity index (χ3n) is 4.81. The number of carbonyl (C=O) groups excluding carboxylic acids is 2. The first kappa shape index (κ1) is 17.0. The average Bonchev–Trinajstić information content (AvgIpc) is 3.18. The highest BCUT2D eigenvalue weighted by Crippen LogP contribution is 2.23. The van der Waals surface area contributed by atoms with Crippen LogP contribution in [0.1, 0.15) is 22.4 Å². The summed E-state index contributed by atoms with van der Waals surface area (Å²) >= 11 is 0. The van der Waals surface area contributed by atoms with Gasteiger partial charge in [0.25, 0.3) is 0 Å². The van der Waals surface area contributed by atoms with E-state index in [4.69, 9.17) is 0 Å². The van der Waals surface area contributed by atoms with Crippen molar-refractivity contribution in [2.45, 2.75) is 19.9 Å². The lowest BCUT2D eigenvalue weighted by Gasteiger charge is -2.15. The van der Waals surface area contributed by atoms with Crippen molar-refractivity contribution in [3.63, 3.8) is 0 Å². The number of likely N-dealkylation sites (N-methyl/N-ethyl adjacent to an activating group) is 1. The fraction of sp³-hybridized carbons (Fsp3) is 0.190. The molecule has 0 spiro atoms. The zero-order valence-corrected chi connectivity index (χ0v) is 15.2. The first-order valence-corrected chi connectivity index (χ1v) is 8.79. The Balaban J connectivity index is 1.48. The van der Waals surface area contributed by atoms with E-state index in [1.807, 2.05) is 31.2 Å². The van der Waals surface area contributed by atoms with Crippen molar-refractivity contribution in [2.75, 3.05) is 12.4 Å². The number of rotatable bonds is 4. The van der Waals surface area contributed by atoms with Crippen LogP contribution in [0, 0.1) is 6.92 Å². The lowest BCUT2D eigenvalue weighted by molar-refractivity contribution is -0.125. The summed E-state index contributed by atoms with van der Waals surface area (Å²) in [5, 5.41) is 3.84.